The van der Waals surface area contributed by atoms with Crippen LogP contribution < -0.4 is 11.1 Å². The number of carboxylic acids is 1. The number of aliphatic carboxylic acids is 1. The van der Waals surface area contributed by atoms with Crippen molar-refractivity contribution in [2.45, 2.75) is 157 Å². The van der Waals surface area contributed by atoms with Crippen LogP contribution in [-0.2, 0) is 28.6 Å². The molecule has 7 aliphatic rings. The van der Waals surface area contributed by atoms with Crippen LogP contribution in [0, 0.1) is 42.1 Å². The molecule has 2 bridgehead atoms. The molecule has 326 valence electrons. The number of allylic oxidation sites excluding steroid dienone is 3. The average Bonchev–Trinajstić information content (AvgIpc) is 3.73. The van der Waals surface area contributed by atoms with Crippen molar-refractivity contribution in [1.82, 2.24) is 5.32 Å². The number of amides is 1. The number of nitrogens with zero attached hydrogens (tertiary/aromatic N) is 1. The third kappa shape index (κ3) is 8.61. The lowest BCUT2D eigenvalue weighted by Gasteiger charge is -2.58. The zero-order chi connectivity index (χ0) is 42.1. The topological polar surface area (TPSA) is 251 Å². The van der Waals surface area contributed by atoms with Gasteiger partial charge in [-0.3, -0.25) is 9.59 Å². The van der Waals surface area contributed by atoms with Gasteiger partial charge in [0, 0.05) is 31.2 Å². The van der Waals surface area contributed by atoms with E-state index in [9.17, 15) is 45.0 Å². The second kappa shape index (κ2) is 18.2. The Kier molecular flexibility index (Phi) is 13.6. The summed E-state index contributed by atoms with van der Waals surface area (Å²) in [5.41, 5.74) is -1.50. The number of nitrogens with two attached hydrogens (primary N) is 1. The molecule has 7 rings (SSSR count). The summed E-state index contributed by atoms with van der Waals surface area (Å²) in [7, 11) is 0. The molecule has 3 aliphatic heterocycles. The smallest absolute Gasteiger partial charge is 0.343 e. The summed E-state index contributed by atoms with van der Waals surface area (Å²) >= 11 is 0. The summed E-state index contributed by atoms with van der Waals surface area (Å²) in [5, 5.41) is 71.7. The molecule has 1 amide bonds. The lowest BCUT2D eigenvalue weighted by atomic mass is 9.64. The van der Waals surface area contributed by atoms with Gasteiger partial charge in [-0.05, 0) is 100 Å². The molecule has 0 aromatic carbocycles. The molecular formula is C44H64N3O12+. The summed E-state index contributed by atoms with van der Waals surface area (Å²) < 4.78 is 18.8. The number of hydrogen-bond donors (Lipinski definition) is 8. The van der Waals surface area contributed by atoms with Crippen molar-refractivity contribution in [3.05, 3.63) is 42.5 Å². The molecule has 13 atom stereocenters. The van der Waals surface area contributed by atoms with Gasteiger partial charge < -0.3 is 55.9 Å². The molecule has 0 radical (unpaired) electrons. The molecule has 4 aliphatic carbocycles. The van der Waals surface area contributed by atoms with Gasteiger partial charge in [-0.2, -0.15) is 0 Å². The second-order valence-electron chi connectivity index (χ2n) is 18.5. The predicted molar refractivity (Wildman–Crippen MR) is 214 cm³/mol. The molecule has 2 saturated heterocycles. The number of ether oxygens (including phenoxy) is 3. The molecule has 0 spiro atoms. The van der Waals surface area contributed by atoms with Crippen molar-refractivity contribution in [3.63, 3.8) is 0 Å². The molecule has 5 fully saturated rings. The van der Waals surface area contributed by atoms with Gasteiger partial charge in [-0.1, -0.05) is 38.3 Å². The molecule has 3 saturated carbocycles. The summed E-state index contributed by atoms with van der Waals surface area (Å²) in [6.07, 6.45) is 12.5. The number of fused-ring (bicyclic) bond motifs is 3. The molecule has 0 aromatic rings. The highest BCUT2D eigenvalue weighted by atomic mass is 16.7. The van der Waals surface area contributed by atoms with Crippen LogP contribution >= 0.6 is 0 Å². The summed E-state index contributed by atoms with van der Waals surface area (Å²) in [4.78, 5) is 43.4. The quantitative estimate of drug-likeness (QED) is 0.0871. The maximum absolute atomic E-state index is 13.6. The fraction of sp³-hybridized carbons (Fsp3) is 0.750. The van der Waals surface area contributed by atoms with Gasteiger partial charge in [0.1, 0.15) is 24.3 Å². The molecule has 9 N–H and O–H groups in total. The number of primary amides is 1. The van der Waals surface area contributed by atoms with E-state index in [-0.39, 0.29) is 30.1 Å². The fourth-order valence-electron chi connectivity index (χ4n) is 11.1. The number of carboxylic acid groups (broad SMARTS) is 1. The second-order valence-corrected chi connectivity index (χ2v) is 18.5. The normalized spacial score (nSPS) is 42.2. The number of carbonyl (C=O) groups excluding carboxylic acids is 2. The van der Waals surface area contributed by atoms with Crippen LogP contribution in [0.25, 0.3) is 0 Å². The standard InChI is InChI=1S/C44H63N3O12/c1-25(6-5-9-26-7-3-2-4-8-26)29(20-27-17-19-46-22-27)23-47-24-43(55)41(59-42(40(53)54)18-16-34(49)44(43,56)39(42)52)57-31-14-15-32-33(21-31)58-37(38(45)51)35(36(32)50)28-10-12-30(48)13-11-28/h5,9,16-19,22,25-26,28-33,35-37,39,41,47-48,50,52,55-56H,2-4,6-8,10-15,20-21,23-24H2,1H3,(H2-,45,51,53,54)/p+1/t25-,28?,29+,30?,31?,32?,33?,35?,36?,37?,39-,41-,42-,43-,44+/m1/s1. The Bertz CT molecular complexity index is 1660. The first kappa shape index (κ1) is 44.1. The number of nitrogens with one attached hydrogen (secondary N) is 1. The first-order chi connectivity index (χ1) is 28.2. The van der Waals surface area contributed by atoms with Crippen LogP contribution in [0.1, 0.15) is 96.8 Å². The number of hydrogen-bond acceptors (Lipinski definition) is 13. The van der Waals surface area contributed by atoms with Crippen LogP contribution in [0.15, 0.2) is 40.9 Å². The van der Waals surface area contributed by atoms with E-state index in [0.29, 0.717) is 57.4 Å². The number of ketones is 1. The van der Waals surface area contributed by atoms with Crippen molar-refractivity contribution in [2.24, 2.45) is 46.2 Å². The number of rotatable bonds is 15. The lowest BCUT2D eigenvalue weighted by molar-refractivity contribution is -0.381. The maximum Gasteiger partial charge on any atom is 0.343 e. The van der Waals surface area contributed by atoms with E-state index in [1.807, 2.05) is 6.08 Å². The van der Waals surface area contributed by atoms with Gasteiger partial charge >= 0.3 is 5.97 Å². The Balaban J connectivity index is 1.09. The van der Waals surface area contributed by atoms with Crippen molar-refractivity contribution in [3.8, 4) is 0 Å². The number of aliphatic hydroxyl groups excluding tert-OH is 3. The van der Waals surface area contributed by atoms with E-state index in [4.69, 9.17) is 19.9 Å². The van der Waals surface area contributed by atoms with Crippen molar-refractivity contribution >= 4 is 23.9 Å². The van der Waals surface area contributed by atoms with Gasteiger partial charge in [0.05, 0.1) is 30.5 Å². The lowest BCUT2D eigenvalue weighted by Crippen LogP contribution is -2.84. The Morgan fingerprint density at radius 2 is 1.83 bits per heavy atom. The largest absolute Gasteiger partial charge is 0.479 e. The van der Waals surface area contributed by atoms with Crippen LogP contribution in [0.3, 0.4) is 0 Å². The molecule has 59 heavy (non-hydrogen) atoms. The minimum absolute atomic E-state index is 0.00757. The van der Waals surface area contributed by atoms with Gasteiger partial charge in [0.2, 0.25) is 11.5 Å². The van der Waals surface area contributed by atoms with Gasteiger partial charge in [-0.15, -0.1) is 4.99 Å². The van der Waals surface area contributed by atoms with E-state index in [1.54, 1.807) is 12.8 Å². The fourth-order valence-corrected chi connectivity index (χ4v) is 11.1. The number of aliphatic imine (C=N–C) groups is 1. The third-order valence-electron chi connectivity index (χ3n) is 14.8. The monoisotopic (exact) mass is 826 g/mol. The highest BCUT2D eigenvalue weighted by molar-refractivity contribution is 6.03. The van der Waals surface area contributed by atoms with E-state index in [2.05, 4.69) is 29.4 Å². The van der Waals surface area contributed by atoms with Gasteiger partial charge in [0.15, 0.2) is 29.5 Å². The highest BCUT2D eigenvalue weighted by Crippen LogP contribution is 2.50. The zero-order valence-corrected chi connectivity index (χ0v) is 34.0. The Hall–Kier alpha value is -2.99. The first-order valence-electron chi connectivity index (χ1n) is 21.8. The van der Waals surface area contributed by atoms with Crippen molar-refractivity contribution in [1.29, 1.82) is 0 Å². The van der Waals surface area contributed by atoms with Crippen molar-refractivity contribution < 1.29 is 59.2 Å². The predicted octanol–water partition coefficient (Wildman–Crippen LogP) is 2.03. The van der Waals surface area contributed by atoms with E-state index in [1.165, 1.54) is 32.1 Å². The van der Waals surface area contributed by atoms with Gasteiger partial charge in [0.25, 0.3) is 0 Å². The van der Waals surface area contributed by atoms with E-state index >= 15 is 0 Å². The SMILES string of the molecule is C[C@H](CC=CC1CCCCC1)[C@H](CNC[C@@]1(O)[C@H](OC2CCC3C(C2)OC(C(N)=O)C(C2CCC(O)CC2)C3O)O[C@]2(C(=O)O)C=CC(=O)[C@]1(O)[C@@H]2O)CC1=C[CH+]N=C1. The Morgan fingerprint density at radius 1 is 1.08 bits per heavy atom. The minimum atomic E-state index is -3.05. The maximum atomic E-state index is 13.6. The zero-order valence-electron chi connectivity index (χ0n) is 34.0. The summed E-state index contributed by atoms with van der Waals surface area (Å²) in [6, 6.07) is 0. The van der Waals surface area contributed by atoms with Gasteiger partial charge in [-0.25, -0.2) is 4.79 Å². The average molecular weight is 827 g/mol. The Labute approximate surface area is 346 Å². The molecule has 15 heteroatoms. The Morgan fingerprint density at radius 3 is 2.51 bits per heavy atom. The molecule has 3 heterocycles. The summed E-state index contributed by atoms with van der Waals surface area (Å²) in [6.45, 7) is 3.67. The van der Waals surface area contributed by atoms with Crippen LogP contribution in [0.2, 0.25) is 0 Å². The molecule has 15 nitrogen and oxygen atoms in total. The number of carbonyl (C=O) groups is 3. The molecule has 0 aromatic heterocycles. The first-order valence-corrected chi connectivity index (χ1v) is 21.8. The third-order valence-corrected chi connectivity index (χ3v) is 14.8. The highest BCUT2D eigenvalue weighted by Gasteiger charge is 2.76. The minimum Gasteiger partial charge on any atom is -0.479 e. The van der Waals surface area contributed by atoms with Crippen LogP contribution in [0.4, 0.5) is 0 Å². The van der Waals surface area contributed by atoms with Crippen LogP contribution in [0.5, 0.6) is 0 Å². The summed E-state index contributed by atoms with van der Waals surface area (Å²) in [5.74, 6) is -3.74. The van der Waals surface area contributed by atoms with Crippen LogP contribution in [-0.4, -0.2) is 127 Å². The number of aliphatic hydroxyl groups is 5. The van der Waals surface area contributed by atoms with E-state index < -0.39 is 89.8 Å². The molecule has 6 unspecified atom stereocenters. The molecular weight excluding hydrogens is 762 g/mol. The van der Waals surface area contributed by atoms with Crippen molar-refractivity contribution in [2.75, 3.05) is 13.1 Å². The van der Waals surface area contributed by atoms with E-state index in [0.717, 1.165) is 24.1 Å².